The predicted octanol–water partition coefficient (Wildman–Crippen LogP) is 2.50. The predicted molar refractivity (Wildman–Crippen MR) is 90.6 cm³/mol. The highest BCUT2D eigenvalue weighted by Gasteiger charge is 2.16. The van der Waals surface area contributed by atoms with Crippen molar-refractivity contribution >= 4 is 17.5 Å². The topological polar surface area (TPSA) is 67.8 Å². The van der Waals surface area contributed by atoms with Crippen molar-refractivity contribution in [2.45, 2.75) is 12.5 Å². The second-order valence-electron chi connectivity index (χ2n) is 5.53. The molecule has 1 aliphatic rings. The van der Waals surface area contributed by atoms with E-state index in [1.165, 1.54) is 0 Å². The number of aliphatic hydroxyl groups excluding tert-OH is 1. The fourth-order valence-electron chi connectivity index (χ4n) is 2.47. The summed E-state index contributed by atoms with van der Waals surface area (Å²) in [5.41, 5.74) is 1.85. The molecule has 0 fully saturated rings. The average molecular weight is 348 g/mol. The zero-order valence-corrected chi connectivity index (χ0v) is 13.8. The van der Waals surface area contributed by atoms with Crippen molar-refractivity contribution in [1.82, 2.24) is 5.32 Å². The Morgan fingerprint density at radius 2 is 2.08 bits per heavy atom. The van der Waals surface area contributed by atoms with Crippen LogP contribution in [0.4, 0.5) is 0 Å². The normalized spacial score (nSPS) is 13.8. The van der Waals surface area contributed by atoms with Crippen LogP contribution in [0.2, 0.25) is 5.02 Å². The van der Waals surface area contributed by atoms with Crippen LogP contribution in [-0.4, -0.2) is 30.8 Å². The van der Waals surface area contributed by atoms with Gasteiger partial charge in [-0.3, -0.25) is 4.79 Å². The summed E-state index contributed by atoms with van der Waals surface area (Å²) < 4.78 is 10.8. The lowest BCUT2D eigenvalue weighted by molar-refractivity contribution is -0.123. The molecule has 0 unspecified atom stereocenters. The molecule has 3 rings (SSSR count). The summed E-state index contributed by atoms with van der Waals surface area (Å²) in [7, 11) is 0. The summed E-state index contributed by atoms with van der Waals surface area (Å²) >= 11 is 5.78. The Morgan fingerprint density at radius 1 is 1.29 bits per heavy atom. The monoisotopic (exact) mass is 347 g/mol. The van der Waals surface area contributed by atoms with Gasteiger partial charge in [0.1, 0.15) is 11.5 Å². The van der Waals surface area contributed by atoms with Crippen molar-refractivity contribution in [2.24, 2.45) is 0 Å². The highest BCUT2D eigenvalue weighted by Crippen LogP contribution is 2.28. The zero-order chi connectivity index (χ0) is 16.9. The number of aliphatic hydroxyl groups is 1. The molecule has 0 saturated heterocycles. The SMILES string of the molecule is O=C(COc1ccc(Cl)cc1)NC[C@H](O)c1ccc2c(c1)CCO2. The van der Waals surface area contributed by atoms with E-state index in [1.807, 2.05) is 18.2 Å². The smallest absolute Gasteiger partial charge is 0.258 e. The van der Waals surface area contributed by atoms with Crippen molar-refractivity contribution in [1.29, 1.82) is 0 Å². The Balaban J connectivity index is 1.46. The van der Waals surface area contributed by atoms with Crippen LogP contribution in [0.3, 0.4) is 0 Å². The van der Waals surface area contributed by atoms with Crippen molar-refractivity contribution < 1.29 is 19.4 Å². The number of hydrogen-bond donors (Lipinski definition) is 2. The summed E-state index contributed by atoms with van der Waals surface area (Å²) in [6.45, 7) is 0.683. The number of hydrogen-bond acceptors (Lipinski definition) is 4. The van der Waals surface area contributed by atoms with Gasteiger partial charge in [0.15, 0.2) is 6.61 Å². The van der Waals surface area contributed by atoms with Gasteiger partial charge in [-0.05, 0) is 47.5 Å². The maximum absolute atomic E-state index is 11.8. The Kier molecular flexibility index (Phi) is 5.23. The lowest BCUT2D eigenvalue weighted by atomic mass is 10.0. The quantitative estimate of drug-likeness (QED) is 0.842. The summed E-state index contributed by atoms with van der Waals surface area (Å²) in [5, 5.41) is 13.5. The summed E-state index contributed by atoms with van der Waals surface area (Å²) in [6, 6.07) is 12.3. The lowest BCUT2D eigenvalue weighted by Gasteiger charge is -2.13. The van der Waals surface area contributed by atoms with Gasteiger partial charge in [-0.1, -0.05) is 17.7 Å². The molecule has 0 aromatic heterocycles. The molecule has 2 aromatic rings. The number of rotatable bonds is 6. The van der Waals surface area contributed by atoms with Gasteiger partial charge in [0.25, 0.3) is 5.91 Å². The van der Waals surface area contributed by atoms with Crippen LogP contribution in [0.5, 0.6) is 11.5 Å². The zero-order valence-electron chi connectivity index (χ0n) is 13.0. The molecular formula is C18H18ClNO4. The van der Waals surface area contributed by atoms with Crippen LogP contribution in [0.15, 0.2) is 42.5 Å². The van der Waals surface area contributed by atoms with E-state index in [0.717, 1.165) is 23.3 Å². The standard InChI is InChI=1S/C18H18ClNO4/c19-14-2-4-15(5-3-14)24-11-18(22)20-10-16(21)12-1-6-17-13(9-12)7-8-23-17/h1-6,9,16,21H,7-8,10-11H2,(H,20,22)/t16-/m0/s1. The van der Waals surface area contributed by atoms with Gasteiger partial charge in [0, 0.05) is 18.0 Å². The van der Waals surface area contributed by atoms with Crippen LogP contribution in [0.1, 0.15) is 17.2 Å². The minimum absolute atomic E-state index is 0.119. The number of benzene rings is 2. The highest BCUT2D eigenvalue weighted by molar-refractivity contribution is 6.30. The maximum Gasteiger partial charge on any atom is 0.258 e. The van der Waals surface area contributed by atoms with Crippen molar-refractivity contribution in [2.75, 3.05) is 19.8 Å². The van der Waals surface area contributed by atoms with Crippen molar-refractivity contribution in [3.63, 3.8) is 0 Å². The van der Waals surface area contributed by atoms with Gasteiger partial charge in [0.2, 0.25) is 0 Å². The summed E-state index contributed by atoms with van der Waals surface area (Å²) in [4.78, 5) is 11.8. The van der Waals surface area contributed by atoms with Crippen LogP contribution < -0.4 is 14.8 Å². The van der Waals surface area contributed by atoms with E-state index in [2.05, 4.69) is 5.32 Å². The molecule has 1 aliphatic heterocycles. The second kappa shape index (κ2) is 7.55. The highest BCUT2D eigenvalue weighted by atomic mass is 35.5. The van der Waals surface area contributed by atoms with E-state index in [0.29, 0.717) is 17.4 Å². The third-order valence-corrected chi connectivity index (χ3v) is 4.03. The number of amides is 1. The molecule has 0 radical (unpaired) electrons. The fourth-order valence-corrected chi connectivity index (χ4v) is 2.60. The molecule has 0 spiro atoms. The van der Waals surface area contributed by atoms with Gasteiger partial charge < -0.3 is 19.9 Å². The Bertz CT molecular complexity index is 717. The first-order chi connectivity index (χ1) is 11.6. The van der Waals surface area contributed by atoms with Crippen molar-refractivity contribution in [3.8, 4) is 11.5 Å². The van der Waals surface area contributed by atoms with Gasteiger partial charge in [-0.25, -0.2) is 0 Å². The first kappa shape index (κ1) is 16.6. The molecule has 0 aliphatic carbocycles. The van der Waals surface area contributed by atoms with Gasteiger partial charge in [-0.2, -0.15) is 0 Å². The minimum atomic E-state index is -0.768. The first-order valence-corrected chi connectivity index (χ1v) is 8.08. The summed E-state index contributed by atoms with van der Waals surface area (Å²) in [6.07, 6.45) is 0.0763. The molecule has 1 atom stereocenters. The Hall–Kier alpha value is -2.24. The fraction of sp³-hybridized carbons (Fsp3) is 0.278. The lowest BCUT2D eigenvalue weighted by Crippen LogP contribution is -2.32. The molecule has 0 bridgehead atoms. The maximum atomic E-state index is 11.8. The molecule has 1 amide bonds. The van der Waals surface area contributed by atoms with Gasteiger partial charge >= 0.3 is 0 Å². The molecule has 1 heterocycles. The van der Waals surface area contributed by atoms with Crippen LogP contribution in [-0.2, 0) is 11.2 Å². The molecular weight excluding hydrogens is 330 g/mol. The van der Waals surface area contributed by atoms with E-state index in [1.54, 1.807) is 24.3 Å². The number of ether oxygens (including phenoxy) is 2. The molecule has 24 heavy (non-hydrogen) atoms. The van der Waals surface area contributed by atoms with Gasteiger partial charge in [-0.15, -0.1) is 0 Å². The largest absolute Gasteiger partial charge is 0.493 e. The number of carbonyl (C=O) groups is 1. The van der Waals surface area contributed by atoms with E-state index in [9.17, 15) is 9.90 Å². The Morgan fingerprint density at radius 3 is 2.88 bits per heavy atom. The second-order valence-corrected chi connectivity index (χ2v) is 5.96. The molecule has 2 N–H and O–H groups in total. The van der Waals surface area contributed by atoms with Crippen LogP contribution in [0, 0.1) is 0 Å². The van der Waals surface area contributed by atoms with E-state index < -0.39 is 6.10 Å². The van der Waals surface area contributed by atoms with Crippen LogP contribution >= 0.6 is 11.6 Å². The molecule has 6 heteroatoms. The first-order valence-electron chi connectivity index (χ1n) is 7.70. The van der Waals surface area contributed by atoms with Gasteiger partial charge in [0.05, 0.1) is 12.7 Å². The number of carbonyl (C=O) groups excluding carboxylic acids is 1. The van der Waals surface area contributed by atoms with Crippen LogP contribution in [0.25, 0.3) is 0 Å². The number of halogens is 1. The number of fused-ring (bicyclic) bond motifs is 1. The Labute approximate surface area is 145 Å². The van der Waals surface area contributed by atoms with Crippen molar-refractivity contribution in [3.05, 3.63) is 58.6 Å². The molecule has 5 nitrogen and oxygen atoms in total. The van der Waals surface area contributed by atoms with E-state index >= 15 is 0 Å². The van der Waals surface area contributed by atoms with E-state index in [4.69, 9.17) is 21.1 Å². The molecule has 126 valence electrons. The molecule has 0 saturated carbocycles. The minimum Gasteiger partial charge on any atom is -0.493 e. The summed E-state index contributed by atoms with van der Waals surface area (Å²) in [5.74, 6) is 1.13. The third-order valence-electron chi connectivity index (χ3n) is 3.77. The van der Waals surface area contributed by atoms with E-state index in [-0.39, 0.29) is 19.1 Å². The average Bonchev–Trinajstić information content (AvgIpc) is 3.06. The molecule has 2 aromatic carbocycles. The number of nitrogens with one attached hydrogen (secondary N) is 1. The third kappa shape index (κ3) is 4.19.